The number of nitrogens with one attached hydrogen (secondary N) is 2. The van der Waals surface area contributed by atoms with Crippen LogP contribution in [0.2, 0.25) is 5.02 Å². The second-order valence-electron chi connectivity index (χ2n) is 5.30. The highest BCUT2D eigenvalue weighted by Crippen LogP contribution is 2.29. The van der Waals surface area contributed by atoms with Gasteiger partial charge in [0.25, 0.3) is 5.91 Å². The number of hydrogen-bond donors (Lipinski definition) is 3. The molecule has 2 aromatic rings. The topological polar surface area (TPSA) is 65.1 Å². The Labute approximate surface area is 127 Å². The van der Waals surface area contributed by atoms with E-state index in [1.807, 2.05) is 18.2 Å². The maximum Gasteiger partial charge on any atom is 0.251 e. The molecule has 0 fully saturated rings. The fraction of sp³-hybridized carbons (Fsp3) is 0.400. The van der Waals surface area contributed by atoms with Crippen molar-refractivity contribution in [3.8, 4) is 0 Å². The van der Waals surface area contributed by atoms with Gasteiger partial charge in [0.05, 0.1) is 6.54 Å². The first-order chi connectivity index (χ1) is 9.92. The van der Waals surface area contributed by atoms with Gasteiger partial charge in [-0.25, -0.2) is 4.39 Å². The Hall–Kier alpha value is -1.59. The van der Waals surface area contributed by atoms with Crippen LogP contribution in [0.5, 0.6) is 0 Å². The number of carbonyl (C=O) groups is 1. The molecule has 0 aliphatic rings. The Kier molecular flexibility index (Phi) is 4.85. The second-order valence-corrected chi connectivity index (χ2v) is 5.71. The van der Waals surface area contributed by atoms with Gasteiger partial charge in [0.15, 0.2) is 6.10 Å². The van der Waals surface area contributed by atoms with Gasteiger partial charge < -0.3 is 15.4 Å². The SMILES string of the molecule is CC(C)c1cc2[nH]c(CNC(=O)C(O)CF)cc2cc1Cl. The van der Waals surface area contributed by atoms with Crippen LogP contribution in [0.4, 0.5) is 4.39 Å². The van der Waals surface area contributed by atoms with Crippen LogP contribution in [0.15, 0.2) is 18.2 Å². The van der Waals surface area contributed by atoms with Crippen molar-refractivity contribution in [1.29, 1.82) is 0 Å². The lowest BCUT2D eigenvalue weighted by molar-refractivity contribution is -0.130. The van der Waals surface area contributed by atoms with Crippen molar-refractivity contribution < 1.29 is 14.3 Å². The predicted molar refractivity (Wildman–Crippen MR) is 81.2 cm³/mol. The fourth-order valence-electron chi connectivity index (χ4n) is 2.14. The van der Waals surface area contributed by atoms with Gasteiger partial charge in [-0.05, 0) is 29.7 Å². The van der Waals surface area contributed by atoms with E-state index in [1.165, 1.54) is 0 Å². The van der Waals surface area contributed by atoms with Crippen LogP contribution in [-0.2, 0) is 11.3 Å². The van der Waals surface area contributed by atoms with E-state index in [9.17, 15) is 9.18 Å². The standard InChI is InChI=1S/C15H18ClFN2O2/c1-8(2)11-5-13-9(4-12(11)16)3-10(19-13)7-18-15(21)14(20)6-17/h3-5,8,14,19-20H,6-7H2,1-2H3,(H,18,21). The molecule has 1 atom stereocenters. The van der Waals surface area contributed by atoms with Gasteiger partial charge >= 0.3 is 0 Å². The zero-order valence-corrected chi connectivity index (χ0v) is 12.7. The first-order valence-corrected chi connectivity index (χ1v) is 7.13. The smallest absolute Gasteiger partial charge is 0.251 e. The van der Waals surface area contributed by atoms with Gasteiger partial charge in [-0.1, -0.05) is 25.4 Å². The molecule has 114 valence electrons. The highest BCUT2D eigenvalue weighted by molar-refractivity contribution is 6.32. The molecule has 2 rings (SSSR count). The largest absolute Gasteiger partial charge is 0.381 e. The lowest BCUT2D eigenvalue weighted by atomic mass is 10.0. The average Bonchev–Trinajstić information content (AvgIpc) is 2.84. The quantitative estimate of drug-likeness (QED) is 0.795. The minimum Gasteiger partial charge on any atom is -0.381 e. The van der Waals surface area contributed by atoms with E-state index < -0.39 is 18.7 Å². The third-order valence-corrected chi connectivity index (χ3v) is 3.65. The van der Waals surface area contributed by atoms with Crippen molar-refractivity contribution in [2.24, 2.45) is 0 Å². The van der Waals surface area contributed by atoms with Crippen LogP contribution in [0.3, 0.4) is 0 Å². The van der Waals surface area contributed by atoms with Gasteiger partial charge in [0.2, 0.25) is 0 Å². The van der Waals surface area contributed by atoms with Gasteiger partial charge in [-0.2, -0.15) is 0 Å². The second kappa shape index (κ2) is 6.45. The maximum atomic E-state index is 12.2. The van der Waals surface area contributed by atoms with Crippen molar-refractivity contribution in [1.82, 2.24) is 10.3 Å². The summed E-state index contributed by atoms with van der Waals surface area (Å²) in [7, 11) is 0. The van der Waals surface area contributed by atoms with Crippen molar-refractivity contribution >= 4 is 28.4 Å². The lowest BCUT2D eigenvalue weighted by Gasteiger charge is -2.07. The number of rotatable bonds is 5. The molecule has 1 heterocycles. The van der Waals surface area contributed by atoms with E-state index in [-0.39, 0.29) is 6.54 Å². The molecule has 3 N–H and O–H groups in total. The minimum atomic E-state index is -1.61. The van der Waals surface area contributed by atoms with Gasteiger partial charge in [-0.3, -0.25) is 4.79 Å². The van der Waals surface area contributed by atoms with Crippen molar-refractivity contribution in [2.75, 3.05) is 6.67 Å². The Morgan fingerprint density at radius 1 is 1.43 bits per heavy atom. The number of halogens is 2. The number of benzene rings is 1. The fourth-order valence-corrected chi connectivity index (χ4v) is 2.53. The Balaban J connectivity index is 2.18. The van der Waals surface area contributed by atoms with Crippen molar-refractivity contribution in [3.63, 3.8) is 0 Å². The Morgan fingerprint density at radius 2 is 2.14 bits per heavy atom. The third-order valence-electron chi connectivity index (χ3n) is 3.32. The van der Waals surface area contributed by atoms with Gasteiger partial charge in [-0.15, -0.1) is 0 Å². The molecule has 0 bridgehead atoms. The van der Waals surface area contributed by atoms with Crippen LogP contribution in [-0.4, -0.2) is 28.8 Å². The molecule has 0 radical (unpaired) electrons. The number of aromatic nitrogens is 1. The predicted octanol–water partition coefficient (Wildman–Crippen LogP) is 2.89. The molecule has 21 heavy (non-hydrogen) atoms. The van der Waals surface area contributed by atoms with Crippen molar-refractivity contribution in [3.05, 3.63) is 34.5 Å². The van der Waals surface area contributed by atoms with Crippen LogP contribution < -0.4 is 5.32 Å². The molecule has 6 heteroatoms. The van der Waals surface area contributed by atoms with E-state index in [0.717, 1.165) is 22.2 Å². The summed E-state index contributed by atoms with van der Waals surface area (Å²) < 4.78 is 12.2. The molecule has 1 aromatic heterocycles. The number of fused-ring (bicyclic) bond motifs is 1. The number of aromatic amines is 1. The zero-order valence-electron chi connectivity index (χ0n) is 11.9. The van der Waals surface area contributed by atoms with E-state index in [1.54, 1.807) is 0 Å². The molecule has 1 aromatic carbocycles. The normalized spacial score (nSPS) is 12.9. The van der Waals surface area contributed by atoms with E-state index >= 15 is 0 Å². The number of H-pyrrole nitrogens is 1. The van der Waals surface area contributed by atoms with Crippen LogP contribution in [0, 0.1) is 0 Å². The number of hydrogen-bond acceptors (Lipinski definition) is 2. The monoisotopic (exact) mass is 312 g/mol. The summed E-state index contributed by atoms with van der Waals surface area (Å²) in [6.45, 7) is 3.23. The number of alkyl halides is 1. The molecular weight excluding hydrogens is 295 g/mol. The third kappa shape index (κ3) is 3.54. The van der Waals surface area contributed by atoms with Gasteiger partial charge in [0, 0.05) is 21.6 Å². The summed E-state index contributed by atoms with van der Waals surface area (Å²) in [6.07, 6.45) is -1.61. The highest BCUT2D eigenvalue weighted by Gasteiger charge is 2.14. The average molecular weight is 313 g/mol. The zero-order chi connectivity index (χ0) is 15.6. The molecule has 0 saturated carbocycles. The summed E-state index contributed by atoms with van der Waals surface area (Å²) in [4.78, 5) is 14.5. The van der Waals surface area contributed by atoms with E-state index in [2.05, 4.69) is 24.1 Å². The lowest BCUT2D eigenvalue weighted by Crippen LogP contribution is -2.35. The van der Waals surface area contributed by atoms with Crippen LogP contribution in [0.25, 0.3) is 10.9 Å². The van der Waals surface area contributed by atoms with Crippen LogP contribution in [0.1, 0.15) is 31.0 Å². The summed E-state index contributed by atoms with van der Waals surface area (Å²) in [5, 5.41) is 13.2. The van der Waals surface area contributed by atoms with Crippen molar-refractivity contribution in [2.45, 2.75) is 32.4 Å². The molecule has 0 aliphatic heterocycles. The molecular formula is C15H18ClFN2O2. The summed E-state index contributed by atoms with van der Waals surface area (Å²) in [6, 6.07) is 5.74. The van der Waals surface area contributed by atoms with Crippen LogP contribution >= 0.6 is 11.6 Å². The first-order valence-electron chi connectivity index (χ1n) is 6.75. The van der Waals surface area contributed by atoms with E-state index in [0.29, 0.717) is 10.9 Å². The van der Waals surface area contributed by atoms with E-state index in [4.69, 9.17) is 16.7 Å². The minimum absolute atomic E-state index is 0.194. The number of aliphatic hydroxyl groups excluding tert-OH is 1. The number of carbonyl (C=O) groups excluding carboxylic acids is 1. The molecule has 0 spiro atoms. The summed E-state index contributed by atoms with van der Waals surface area (Å²) in [5.74, 6) is -0.412. The summed E-state index contributed by atoms with van der Waals surface area (Å²) >= 11 is 6.24. The Bertz CT molecular complexity index is 654. The number of amides is 1. The Morgan fingerprint density at radius 3 is 2.76 bits per heavy atom. The molecule has 1 amide bonds. The molecule has 0 aliphatic carbocycles. The molecule has 0 saturated heterocycles. The molecule has 1 unspecified atom stereocenters. The van der Waals surface area contributed by atoms with Gasteiger partial charge in [0.1, 0.15) is 6.67 Å². The molecule has 4 nitrogen and oxygen atoms in total. The number of aliphatic hydroxyl groups is 1. The maximum absolute atomic E-state index is 12.2. The summed E-state index contributed by atoms with van der Waals surface area (Å²) in [5.41, 5.74) is 2.74. The first kappa shape index (κ1) is 15.8. The highest BCUT2D eigenvalue weighted by atomic mass is 35.5.